The van der Waals surface area contributed by atoms with E-state index in [2.05, 4.69) is 16.5 Å². The van der Waals surface area contributed by atoms with Gasteiger partial charge in [0.05, 0.1) is 0 Å². The fraction of sp³-hybridized carbons (Fsp3) is 0.273. The summed E-state index contributed by atoms with van der Waals surface area (Å²) in [6.07, 6.45) is 3.77. The molecule has 78 valence electrons. The lowest BCUT2D eigenvalue weighted by Crippen LogP contribution is -2.20. The third kappa shape index (κ3) is 1.58. The summed E-state index contributed by atoms with van der Waals surface area (Å²) >= 11 is 0. The van der Waals surface area contributed by atoms with Crippen LogP contribution in [0, 0.1) is 6.92 Å². The van der Waals surface area contributed by atoms with Crippen LogP contribution in [0.2, 0.25) is 0 Å². The molecule has 0 saturated carbocycles. The van der Waals surface area contributed by atoms with E-state index in [1.54, 1.807) is 6.20 Å². The number of anilines is 1. The Hall–Kier alpha value is -1.84. The van der Waals surface area contributed by atoms with Gasteiger partial charge in [-0.15, -0.1) is 0 Å². The molecular weight excluding hydrogens is 188 g/mol. The standard InChI is InChI=1S/C11H14N4/c1-8-7-15(10(3)14(8)4)11-5-6-12-9(2)13-11/h5-7H,3H2,1-2,4H3. The second kappa shape index (κ2) is 3.38. The normalized spacial score (nSPS) is 15.9. The Morgan fingerprint density at radius 2 is 2.07 bits per heavy atom. The Kier molecular flexibility index (Phi) is 2.19. The first-order valence-corrected chi connectivity index (χ1v) is 4.79. The van der Waals surface area contributed by atoms with Crippen molar-refractivity contribution in [3.05, 3.63) is 42.4 Å². The topological polar surface area (TPSA) is 32.3 Å². The number of allylic oxidation sites excluding steroid dienone is 1. The van der Waals surface area contributed by atoms with Crippen LogP contribution in [-0.2, 0) is 0 Å². The second-order valence-electron chi connectivity index (χ2n) is 3.58. The van der Waals surface area contributed by atoms with Gasteiger partial charge in [-0.1, -0.05) is 6.58 Å². The van der Waals surface area contributed by atoms with E-state index in [1.807, 2.05) is 43.0 Å². The van der Waals surface area contributed by atoms with Gasteiger partial charge in [0.25, 0.3) is 0 Å². The van der Waals surface area contributed by atoms with E-state index in [0.29, 0.717) is 0 Å². The third-order valence-electron chi connectivity index (χ3n) is 2.52. The number of hydrogen-bond donors (Lipinski definition) is 0. The first-order chi connectivity index (χ1) is 7.09. The molecule has 0 N–H and O–H groups in total. The number of hydrogen-bond acceptors (Lipinski definition) is 4. The highest BCUT2D eigenvalue weighted by molar-refractivity contribution is 5.52. The van der Waals surface area contributed by atoms with E-state index in [-0.39, 0.29) is 0 Å². The molecule has 4 heteroatoms. The van der Waals surface area contributed by atoms with Gasteiger partial charge in [0.15, 0.2) is 0 Å². The van der Waals surface area contributed by atoms with Crippen molar-refractivity contribution in [2.45, 2.75) is 13.8 Å². The van der Waals surface area contributed by atoms with Crippen molar-refractivity contribution in [1.29, 1.82) is 0 Å². The van der Waals surface area contributed by atoms with Gasteiger partial charge in [-0.25, -0.2) is 9.97 Å². The van der Waals surface area contributed by atoms with Gasteiger partial charge in [0.2, 0.25) is 0 Å². The lowest BCUT2D eigenvalue weighted by atomic mass is 10.5. The number of nitrogens with zero attached hydrogens (tertiary/aromatic N) is 4. The van der Waals surface area contributed by atoms with Crippen molar-refractivity contribution in [2.75, 3.05) is 11.9 Å². The molecule has 0 atom stereocenters. The maximum atomic E-state index is 4.36. The third-order valence-corrected chi connectivity index (χ3v) is 2.52. The largest absolute Gasteiger partial charge is 0.334 e. The average molecular weight is 202 g/mol. The molecule has 0 aromatic carbocycles. The highest BCUT2D eigenvalue weighted by Gasteiger charge is 2.21. The summed E-state index contributed by atoms with van der Waals surface area (Å²) < 4.78 is 0. The van der Waals surface area contributed by atoms with E-state index in [1.165, 1.54) is 0 Å². The molecule has 0 fully saturated rings. The smallest absolute Gasteiger partial charge is 0.141 e. The average Bonchev–Trinajstić information content (AvgIpc) is 2.46. The summed E-state index contributed by atoms with van der Waals surface area (Å²) in [5, 5.41) is 0. The van der Waals surface area contributed by atoms with Crippen LogP contribution in [0.25, 0.3) is 0 Å². The fourth-order valence-corrected chi connectivity index (χ4v) is 1.49. The van der Waals surface area contributed by atoms with Gasteiger partial charge in [-0.05, 0) is 19.9 Å². The minimum Gasteiger partial charge on any atom is -0.334 e. The lowest BCUT2D eigenvalue weighted by molar-refractivity contribution is 0.542. The summed E-state index contributed by atoms with van der Waals surface area (Å²) in [7, 11) is 1.99. The molecule has 0 aliphatic carbocycles. The minimum atomic E-state index is 0.765. The first kappa shape index (κ1) is 9.71. The monoisotopic (exact) mass is 202 g/mol. The Morgan fingerprint density at radius 3 is 2.60 bits per heavy atom. The highest BCUT2D eigenvalue weighted by Crippen LogP contribution is 2.26. The maximum absolute atomic E-state index is 4.36. The Labute approximate surface area is 89.6 Å². The molecule has 0 bridgehead atoms. The van der Waals surface area contributed by atoms with Crippen LogP contribution >= 0.6 is 0 Å². The van der Waals surface area contributed by atoms with Gasteiger partial charge in [-0.2, -0.15) is 0 Å². The molecule has 1 aliphatic heterocycles. The van der Waals surface area contributed by atoms with Gasteiger partial charge >= 0.3 is 0 Å². The van der Waals surface area contributed by atoms with Crippen LogP contribution in [-0.4, -0.2) is 21.9 Å². The van der Waals surface area contributed by atoms with Crippen LogP contribution in [0.15, 0.2) is 36.6 Å². The van der Waals surface area contributed by atoms with Crippen molar-refractivity contribution in [3.8, 4) is 0 Å². The molecule has 0 unspecified atom stereocenters. The van der Waals surface area contributed by atoms with Crippen LogP contribution in [0.5, 0.6) is 0 Å². The van der Waals surface area contributed by atoms with E-state index >= 15 is 0 Å². The molecule has 1 aromatic rings. The van der Waals surface area contributed by atoms with Crippen molar-refractivity contribution in [2.24, 2.45) is 0 Å². The fourth-order valence-electron chi connectivity index (χ4n) is 1.49. The molecular formula is C11H14N4. The quantitative estimate of drug-likeness (QED) is 0.696. The number of aryl methyl sites for hydroxylation is 1. The molecule has 0 saturated heterocycles. The van der Waals surface area contributed by atoms with E-state index in [9.17, 15) is 0 Å². The highest BCUT2D eigenvalue weighted by atomic mass is 15.4. The summed E-state index contributed by atoms with van der Waals surface area (Å²) in [6.45, 7) is 7.93. The summed E-state index contributed by atoms with van der Waals surface area (Å²) in [5.74, 6) is 2.53. The second-order valence-corrected chi connectivity index (χ2v) is 3.58. The lowest BCUT2D eigenvalue weighted by Gasteiger charge is -2.20. The molecule has 1 aromatic heterocycles. The zero-order valence-corrected chi connectivity index (χ0v) is 9.23. The molecule has 0 radical (unpaired) electrons. The SMILES string of the molecule is C=C1N(C)C(C)=CN1c1ccnc(C)n1. The van der Waals surface area contributed by atoms with Crippen LogP contribution in [0.4, 0.5) is 5.82 Å². The van der Waals surface area contributed by atoms with Gasteiger partial charge < -0.3 is 4.90 Å². The van der Waals surface area contributed by atoms with E-state index < -0.39 is 0 Å². The minimum absolute atomic E-state index is 0.765. The van der Waals surface area contributed by atoms with Crippen molar-refractivity contribution in [3.63, 3.8) is 0 Å². The molecule has 0 amide bonds. The molecule has 0 spiro atoms. The van der Waals surface area contributed by atoms with Crippen LogP contribution < -0.4 is 4.90 Å². The van der Waals surface area contributed by atoms with Crippen molar-refractivity contribution in [1.82, 2.24) is 14.9 Å². The van der Waals surface area contributed by atoms with E-state index in [4.69, 9.17) is 0 Å². The molecule has 15 heavy (non-hydrogen) atoms. The molecule has 4 nitrogen and oxygen atoms in total. The zero-order chi connectivity index (χ0) is 11.0. The Balaban J connectivity index is 2.37. The molecule has 2 rings (SSSR count). The van der Waals surface area contributed by atoms with Crippen LogP contribution in [0.1, 0.15) is 12.7 Å². The molecule has 1 aliphatic rings. The van der Waals surface area contributed by atoms with Crippen LogP contribution in [0.3, 0.4) is 0 Å². The summed E-state index contributed by atoms with van der Waals surface area (Å²) in [5.41, 5.74) is 1.15. The first-order valence-electron chi connectivity index (χ1n) is 4.79. The number of rotatable bonds is 1. The van der Waals surface area contributed by atoms with Gasteiger partial charge in [-0.3, -0.25) is 4.90 Å². The summed E-state index contributed by atoms with van der Waals surface area (Å²) in [6, 6.07) is 1.88. The van der Waals surface area contributed by atoms with E-state index in [0.717, 1.165) is 23.2 Å². The predicted octanol–water partition coefficient (Wildman–Crippen LogP) is 1.87. The maximum Gasteiger partial charge on any atom is 0.141 e. The zero-order valence-electron chi connectivity index (χ0n) is 9.23. The van der Waals surface area contributed by atoms with Crippen molar-refractivity contribution < 1.29 is 0 Å². The predicted molar refractivity (Wildman–Crippen MR) is 59.9 cm³/mol. The van der Waals surface area contributed by atoms with Crippen molar-refractivity contribution >= 4 is 5.82 Å². The Morgan fingerprint density at radius 1 is 1.33 bits per heavy atom. The summed E-state index contributed by atoms with van der Waals surface area (Å²) in [4.78, 5) is 12.4. The van der Waals surface area contributed by atoms with Gasteiger partial charge in [0, 0.05) is 25.1 Å². The number of aromatic nitrogens is 2. The van der Waals surface area contributed by atoms with Gasteiger partial charge in [0.1, 0.15) is 17.5 Å². The molecule has 2 heterocycles. The Bertz CT molecular complexity index is 436.